The van der Waals surface area contributed by atoms with E-state index in [9.17, 15) is 9.59 Å². The van der Waals surface area contributed by atoms with Crippen molar-refractivity contribution < 1.29 is 0 Å². The number of aromatic amines is 1. The van der Waals surface area contributed by atoms with Gasteiger partial charge >= 0.3 is 5.69 Å². The van der Waals surface area contributed by atoms with E-state index in [0.29, 0.717) is 28.7 Å². The molecule has 0 bridgehead atoms. The van der Waals surface area contributed by atoms with E-state index in [-0.39, 0.29) is 0 Å². The van der Waals surface area contributed by atoms with Crippen LogP contribution in [0.5, 0.6) is 0 Å². The lowest BCUT2D eigenvalue weighted by Crippen LogP contribution is -2.46. The molecule has 1 saturated heterocycles. The molecule has 2 aromatic carbocycles. The second-order valence-electron chi connectivity index (χ2n) is 8.36. The number of hydrogen-bond donors (Lipinski definition) is 1. The number of H-pyrrole nitrogens is 1. The van der Waals surface area contributed by atoms with E-state index in [1.165, 1.54) is 10.1 Å². The number of nitrogens with zero attached hydrogens (tertiary/aromatic N) is 5. The summed E-state index contributed by atoms with van der Waals surface area (Å²) in [6.45, 7) is 4.69. The topological polar surface area (TPSA) is 79.2 Å². The second kappa shape index (κ2) is 8.88. The molecule has 170 valence electrons. The standard InChI is InChI=1S/C24H25ClN6O2/c1-28-21-20(22(32)27-24(28)33)31(16-18-7-9-19(25)10-8-18)23(26-21)30-13-11-29(12-14-30)15-17-5-3-2-4-6-17/h2-10H,11-16H2,1H3,(H,27,32,33). The van der Waals surface area contributed by atoms with E-state index >= 15 is 0 Å². The first-order chi connectivity index (χ1) is 16.0. The normalized spacial score (nSPS) is 14.8. The van der Waals surface area contributed by atoms with Gasteiger partial charge in [-0.2, -0.15) is 4.98 Å². The van der Waals surface area contributed by atoms with Crippen LogP contribution in [0.3, 0.4) is 0 Å². The van der Waals surface area contributed by atoms with Gasteiger partial charge in [-0.15, -0.1) is 0 Å². The van der Waals surface area contributed by atoms with Crippen molar-refractivity contribution in [1.82, 2.24) is 24.0 Å². The van der Waals surface area contributed by atoms with Crippen molar-refractivity contribution in [2.75, 3.05) is 31.1 Å². The van der Waals surface area contributed by atoms with Gasteiger partial charge in [0.2, 0.25) is 5.95 Å². The van der Waals surface area contributed by atoms with Gasteiger partial charge < -0.3 is 4.90 Å². The van der Waals surface area contributed by atoms with Crippen LogP contribution in [0.25, 0.3) is 11.2 Å². The maximum Gasteiger partial charge on any atom is 0.329 e. The molecular formula is C24H25ClN6O2. The van der Waals surface area contributed by atoms with E-state index in [2.05, 4.69) is 39.0 Å². The quantitative estimate of drug-likeness (QED) is 0.491. The predicted octanol–water partition coefficient (Wildman–Crippen LogP) is 2.45. The number of aryl methyl sites for hydroxylation is 1. The summed E-state index contributed by atoms with van der Waals surface area (Å²) >= 11 is 6.05. The largest absolute Gasteiger partial charge is 0.340 e. The third kappa shape index (κ3) is 4.31. The third-order valence-corrected chi connectivity index (χ3v) is 6.40. The fraction of sp³-hybridized carbons (Fsp3) is 0.292. The summed E-state index contributed by atoms with van der Waals surface area (Å²) in [6.07, 6.45) is 0. The van der Waals surface area contributed by atoms with Gasteiger partial charge in [-0.1, -0.05) is 54.1 Å². The molecule has 1 fully saturated rings. The number of benzene rings is 2. The van der Waals surface area contributed by atoms with E-state index in [1.807, 2.05) is 34.9 Å². The van der Waals surface area contributed by atoms with Crippen molar-refractivity contribution >= 4 is 28.7 Å². The molecule has 8 nitrogen and oxygen atoms in total. The maximum absolute atomic E-state index is 12.8. The Labute approximate surface area is 195 Å². The van der Waals surface area contributed by atoms with Crippen LogP contribution in [0.4, 0.5) is 5.95 Å². The van der Waals surface area contributed by atoms with Gasteiger partial charge in [0.05, 0.1) is 6.54 Å². The van der Waals surface area contributed by atoms with E-state index in [1.54, 1.807) is 7.05 Å². The smallest absolute Gasteiger partial charge is 0.329 e. The molecule has 1 N–H and O–H groups in total. The number of piperazine rings is 1. The summed E-state index contributed by atoms with van der Waals surface area (Å²) in [4.78, 5) is 36.8. The van der Waals surface area contributed by atoms with Crippen molar-refractivity contribution in [1.29, 1.82) is 0 Å². The number of nitrogens with one attached hydrogen (secondary N) is 1. The van der Waals surface area contributed by atoms with Crippen LogP contribution in [0.2, 0.25) is 5.02 Å². The molecule has 4 aromatic rings. The molecule has 0 saturated carbocycles. The van der Waals surface area contributed by atoms with Crippen LogP contribution >= 0.6 is 11.6 Å². The summed E-state index contributed by atoms with van der Waals surface area (Å²) in [5.74, 6) is 0.700. The number of rotatable bonds is 5. The van der Waals surface area contributed by atoms with Gasteiger partial charge in [0.25, 0.3) is 5.56 Å². The third-order valence-electron chi connectivity index (χ3n) is 6.15. The average molecular weight is 465 g/mol. The Kier molecular flexibility index (Phi) is 5.78. The summed E-state index contributed by atoms with van der Waals surface area (Å²) in [5.41, 5.74) is 2.18. The van der Waals surface area contributed by atoms with Gasteiger partial charge in [-0.25, -0.2) is 4.79 Å². The summed E-state index contributed by atoms with van der Waals surface area (Å²) in [5, 5.41) is 0.657. The summed E-state index contributed by atoms with van der Waals surface area (Å²) < 4.78 is 3.30. The highest BCUT2D eigenvalue weighted by Gasteiger charge is 2.25. The molecule has 1 aliphatic rings. The highest BCUT2D eigenvalue weighted by atomic mass is 35.5. The Morgan fingerprint density at radius 3 is 2.27 bits per heavy atom. The Morgan fingerprint density at radius 1 is 0.909 bits per heavy atom. The minimum absolute atomic E-state index is 0.388. The zero-order valence-electron chi connectivity index (χ0n) is 18.4. The predicted molar refractivity (Wildman–Crippen MR) is 130 cm³/mol. The molecule has 9 heteroatoms. The molecule has 0 amide bonds. The molecule has 0 aliphatic carbocycles. The molecule has 0 spiro atoms. The van der Waals surface area contributed by atoms with Gasteiger partial charge in [-0.3, -0.25) is 23.8 Å². The van der Waals surface area contributed by atoms with E-state index < -0.39 is 11.2 Å². The highest BCUT2D eigenvalue weighted by molar-refractivity contribution is 6.30. The Bertz CT molecular complexity index is 1380. The molecule has 33 heavy (non-hydrogen) atoms. The van der Waals surface area contributed by atoms with Crippen molar-refractivity contribution in [2.45, 2.75) is 13.1 Å². The minimum Gasteiger partial charge on any atom is -0.340 e. The van der Waals surface area contributed by atoms with Crippen molar-refractivity contribution in [3.05, 3.63) is 91.6 Å². The first kappa shape index (κ1) is 21.5. The molecule has 0 atom stereocenters. The van der Waals surface area contributed by atoms with E-state index in [0.717, 1.165) is 38.3 Å². The van der Waals surface area contributed by atoms with Gasteiger partial charge in [0.1, 0.15) is 0 Å². The van der Waals surface area contributed by atoms with E-state index in [4.69, 9.17) is 16.6 Å². The first-order valence-electron chi connectivity index (χ1n) is 10.9. The zero-order valence-corrected chi connectivity index (χ0v) is 19.1. The molecule has 1 aliphatic heterocycles. The lowest BCUT2D eigenvalue weighted by molar-refractivity contribution is 0.248. The molecule has 2 aromatic heterocycles. The van der Waals surface area contributed by atoms with Crippen molar-refractivity contribution in [2.24, 2.45) is 7.05 Å². The molecular weight excluding hydrogens is 440 g/mol. The van der Waals surface area contributed by atoms with Crippen LogP contribution in [0.1, 0.15) is 11.1 Å². The minimum atomic E-state index is -0.470. The van der Waals surface area contributed by atoms with Crippen LogP contribution in [0, 0.1) is 0 Å². The van der Waals surface area contributed by atoms with Gasteiger partial charge in [-0.05, 0) is 23.3 Å². The second-order valence-corrected chi connectivity index (χ2v) is 8.80. The summed E-state index contributed by atoms with van der Waals surface area (Å²) in [6, 6.07) is 18.0. The molecule has 5 rings (SSSR count). The number of halogens is 1. The lowest BCUT2D eigenvalue weighted by atomic mass is 10.2. The van der Waals surface area contributed by atoms with Gasteiger partial charge in [0.15, 0.2) is 11.2 Å². The molecule has 0 unspecified atom stereocenters. The first-order valence-corrected chi connectivity index (χ1v) is 11.3. The van der Waals surface area contributed by atoms with Crippen LogP contribution in [-0.4, -0.2) is 50.2 Å². The fourth-order valence-electron chi connectivity index (χ4n) is 4.33. The molecule has 3 heterocycles. The zero-order chi connectivity index (χ0) is 22.9. The van der Waals surface area contributed by atoms with Crippen molar-refractivity contribution in [3.8, 4) is 0 Å². The highest BCUT2D eigenvalue weighted by Crippen LogP contribution is 2.23. The van der Waals surface area contributed by atoms with Crippen LogP contribution in [0.15, 0.2) is 64.2 Å². The number of imidazole rings is 1. The maximum atomic E-state index is 12.8. The summed E-state index contributed by atoms with van der Waals surface area (Å²) in [7, 11) is 1.63. The SMILES string of the molecule is Cn1c(=O)[nH]c(=O)c2c1nc(N1CCN(Cc3ccccc3)CC1)n2Cc1ccc(Cl)cc1. The number of aromatic nitrogens is 4. The Hall–Kier alpha value is -3.36. The number of hydrogen-bond acceptors (Lipinski definition) is 5. The average Bonchev–Trinajstić information content (AvgIpc) is 3.20. The Balaban J connectivity index is 1.47. The monoisotopic (exact) mass is 464 g/mol. The molecule has 0 radical (unpaired) electrons. The van der Waals surface area contributed by atoms with Gasteiger partial charge in [0, 0.05) is 44.8 Å². The Morgan fingerprint density at radius 2 is 1.58 bits per heavy atom. The van der Waals surface area contributed by atoms with Crippen molar-refractivity contribution in [3.63, 3.8) is 0 Å². The van der Waals surface area contributed by atoms with Crippen LogP contribution < -0.4 is 16.1 Å². The van der Waals surface area contributed by atoms with Crippen LogP contribution in [-0.2, 0) is 20.1 Å². The lowest BCUT2D eigenvalue weighted by Gasteiger charge is -2.35. The number of fused-ring (bicyclic) bond motifs is 1. The fourth-order valence-corrected chi connectivity index (χ4v) is 4.46. The number of anilines is 1.